The number of benzene rings is 1. The normalized spacial score (nSPS) is 14.1. The quantitative estimate of drug-likeness (QED) is 0.890. The highest BCUT2D eigenvalue weighted by Gasteiger charge is 2.35. The topological polar surface area (TPSA) is 82.3 Å². The molecule has 0 fully saturated rings. The number of nitrogens with one attached hydrogen (secondary N) is 1. The second-order valence-electron chi connectivity index (χ2n) is 4.53. The van der Waals surface area contributed by atoms with Crippen molar-refractivity contribution in [1.82, 2.24) is 0 Å². The first-order valence-electron chi connectivity index (χ1n) is 5.76. The molecule has 1 aromatic carbocycles. The van der Waals surface area contributed by atoms with E-state index < -0.39 is 28.8 Å². The lowest BCUT2D eigenvalue weighted by Gasteiger charge is -2.21. The second kappa shape index (κ2) is 6.11. The van der Waals surface area contributed by atoms with Gasteiger partial charge in [0.15, 0.2) is 5.60 Å². The molecule has 0 saturated heterocycles. The van der Waals surface area contributed by atoms with Crippen LogP contribution >= 0.6 is 0 Å². The second-order valence-corrected chi connectivity index (χ2v) is 4.53. The Morgan fingerprint density at radius 3 is 2.57 bits per heavy atom. The highest BCUT2D eigenvalue weighted by molar-refractivity contribution is 5.97. The molecular formula is C13H13F3N2O3. The molecule has 0 aliphatic carbocycles. The molecule has 5 nitrogen and oxygen atoms in total. The molecule has 1 rings (SSSR count). The summed E-state index contributed by atoms with van der Waals surface area (Å²) in [4.78, 5) is 11.8. The SMILES string of the molecule is COCC(C)(O)C(=O)Nc1ccc(C#N)c(C(F)(F)F)c1. The fourth-order valence-corrected chi connectivity index (χ4v) is 1.57. The number of anilines is 1. The average molecular weight is 302 g/mol. The van der Waals surface area contributed by atoms with Crippen molar-refractivity contribution >= 4 is 11.6 Å². The zero-order valence-corrected chi connectivity index (χ0v) is 11.3. The van der Waals surface area contributed by atoms with Crippen LogP contribution in [0, 0.1) is 11.3 Å². The first-order valence-corrected chi connectivity index (χ1v) is 5.76. The van der Waals surface area contributed by atoms with E-state index in [1.165, 1.54) is 20.1 Å². The standard InChI is InChI=1S/C13H13F3N2O3/c1-12(20,7-21-2)11(19)18-9-4-3-8(6-17)10(5-9)13(14,15)16/h3-5,20H,7H2,1-2H3,(H,18,19). The maximum atomic E-state index is 12.8. The Labute approximate surface area is 118 Å². The van der Waals surface area contributed by atoms with Gasteiger partial charge in [0, 0.05) is 12.8 Å². The highest BCUT2D eigenvalue weighted by Crippen LogP contribution is 2.33. The summed E-state index contributed by atoms with van der Waals surface area (Å²) >= 11 is 0. The van der Waals surface area contributed by atoms with Gasteiger partial charge in [-0.2, -0.15) is 18.4 Å². The molecule has 1 amide bonds. The van der Waals surface area contributed by atoms with Crippen LogP contribution in [0.4, 0.5) is 18.9 Å². The molecule has 1 atom stereocenters. The number of hydrogen-bond donors (Lipinski definition) is 2. The minimum absolute atomic E-state index is 0.178. The minimum Gasteiger partial charge on any atom is -0.381 e. The van der Waals surface area contributed by atoms with Gasteiger partial charge in [-0.3, -0.25) is 4.79 Å². The molecule has 0 aromatic heterocycles. The molecule has 1 aromatic rings. The highest BCUT2D eigenvalue weighted by atomic mass is 19.4. The fourth-order valence-electron chi connectivity index (χ4n) is 1.57. The zero-order chi connectivity index (χ0) is 16.3. The molecule has 1 unspecified atom stereocenters. The lowest BCUT2D eigenvalue weighted by molar-refractivity contribution is -0.138. The predicted molar refractivity (Wildman–Crippen MR) is 67.3 cm³/mol. The number of carbonyl (C=O) groups is 1. The van der Waals surface area contributed by atoms with Gasteiger partial charge in [0.1, 0.15) is 0 Å². The average Bonchev–Trinajstić information content (AvgIpc) is 2.37. The summed E-state index contributed by atoms with van der Waals surface area (Å²) in [7, 11) is 1.27. The Morgan fingerprint density at radius 2 is 2.10 bits per heavy atom. The summed E-state index contributed by atoms with van der Waals surface area (Å²) in [5.74, 6) is -0.915. The van der Waals surface area contributed by atoms with Crippen LogP contribution in [0.25, 0.3) is 0 Å². The van der Waals surface area contributed by atoms with E-state index in [0.29, 0.717) is 6.07 Å². The van der Waals surface area contributed by atoms with Crippen LogP contribution in [0.15, 0.2) is 18.2 Å². The van der Waals surface area contributed by atoms with E-state index in [9.17, 15) is 23.1 Å². The van der Waals surface area contributed by atoms with Gasteiger partial charge in [-0.15, -0.1) is 0 Å². The number of carbonyl (C=O) groups excluding carboxylic acids is 1. The van der Waals surface area contributed by atoms with Crippen LogP contribution in [0.5, 0.6) is 0 Å². The molecule has 114 valence electrons. The van der Waals surface area contributed by atoms with Gasteiger partial charge in [0.25, 0.3) is 5.91 Å². The number of halogens is 3. The third-order valence-corrected chi connectivity index (χ3v) is 2.62. The van der Waals surface area contributed by atoms with Crippen LogP contribution in [0.1, 0.15) is 18.1 Å². The number of hydrogen-bond acceptors (Lipinski definition) is 4. The first-order chi connectivity index (χ1) is 9.61. The predicted octanol–water partition coefficient (Wildman–Crippen LogP) is 1.91. The molecule has 0 heterocycles. The van der Waals surface area contributed by atoms with Crippen molar-refractivity contribution in [3.05, 3.63) is 29.3 Å². The van der Waals surface area contributed by atoms with Gasteiger partial charge in [-0.1, -0.05) is 0 Å². The van der Waals surface area contributed by atoms with Gasteiger partial charge in [-0.25, -0.2) is 0 Å². The van der Waals surface area contributed by atoms with E-state index >= 15 is 0 Å². The largest absolute Gasteiger partial charge is 0.417 e. The molecule has 0 aliphatic rings. The first kappa shape index (κ1) is 16.9. The third-order valence-electron chi connectivity index (χ3n) is 2.62. The summed E-state index contributed by atoms with van der Waals surface area (Å²) in [6.45, 7) is 0.849. The maximum absolute atomic E-state index is 12.8. The van der Waals surface area contributed by atoms with Crippen LogP contribution in [-0.2, 0) is 15.7 Å². The van der Waals surface area contributed by atoms with Crippen molar-refractivity contribution < 1.29 is 27.8 Å². The molecule has 0 spiro atoms. The minimum atomic E-state index is -4.72. The van der Waals surface area contributed by atoms with E-state index in [0.717, 1.165) is 12.1 Å². The van der Waals surface area contributed by atoms with Gasteiger partial charge < -0.3 is 15.2 Å². The van der Waals surface area contributed by atoms with E-state index in [4.69, 9.17) is 5.26 Å². The Morgan fingerprint density at radius 1 is 1.48 bits per heavy atom. The Bertz CT molecular complexity index is 577. The molecule has 0 radical (unpaired) electrons. The van der Waals surface area contributed by atoms with Crippen molar-refractivity contribution in [3.8, 4) is 6.07 Å². The summed E-state index contributed by atoms with van der Waals surface area (Å²) in [6, 6.07) is 4.16. The summed E-state index contributed by atoms with van der Waals surface area (Å²) < 4.78 is 43.0. The molecular weight excluding hydrogens is 289 g/mol. The van der Waals surface area contributed by atoms with Crippen molar-refractivity contribution in [1.29, 1.82) is 5.26 Å². The van der Waals surface area contributed by atoms with Gasteiger partial charge >= 0.3 is 6.18 Å². The summed E-state index contributed by atoms with van der Waals surface area (Å²) in [6.07, 6.45) is -4.72. The fraction of sp³-hybridized carbons (Fsp3) is 0.385. The number of nitriles is 1. The van der Waals surface area contributed by atoms with Crippen molar-refractivity contribution in [2.24, 2.45) is 0 Å². The van der Waals surface area contributed by atoms with Gasteiger partial charge in [0.05, 0.1) is 23.8 Å². The van der Waals surface area contributed by atoms with E-state index in [-0.39, 0.29) is 12.3 Å². The number of aliphatic hydroxyl groups is 1. The molecule has 0 bridgehead atoms. The maximum Gasteiger partial charge on any atom is 0.417 e. The molecule has 2 N–H and O–H groups in total. The number of ether oxygens (including phenoxy) is 1. The van der Waals surface area contributed by atoms with Crippen LogP contribution in [-0.4, -0.2) is 30.3 Å². The lowest BCUT2D eigenvalue weighted by atomic mass is 10.1. The van der Waals surface area contributed by atoms with Crippen LogP contribution < -0.4 is 5.32 Å². The Hall–Kier alpha value is -2.11. The van der Waals surface area contributed by atoms with E-state index in [1.807, 2.05) is 0 Å². The Balaban J connectivity index is 3.07. The van der Waals surface area contributed by atoms with E-state index in [2.05, 4.69) is 10.1 Å². The van der Waals surface area contributed by atoms with Gasteiger partial charge in [-0.05, 0) is 25.1 Å². The number of nitrogens with zero attached hydrogens (tertiary/aromatic N) is 1. The summed E-state index contributed by atoms with van der Waals surface area (Å²) in [5, 5.41) is 20.6. The lowest BCUT2D eigenvalue weighted by Crippen LogP contribution is -2.43. The van der Waals surface area contributed by atoms with Crippen LogP contribution in [0.3, 0.4) is 0 Å². The van der Waals surface area contributed by atoms with Crippen molar-refractivity contribution in [2.75, 3.05) is 19.0 Å². The third kappa shape index (κ3) is 4.18. The number of methoxy groups -OCH3 is 1. The number of rotatable bonds is 4. The van der Waals surface area contributed by atoms with Crippen molar-refractivity contribution in [2.45, 2.75) is 18.7 Å². The molecule has 21 heavy (non-hydrogen) atoms. The summed E-state index contributed by atoms with van der Waals surface area (Å²) in [5.41, 5.74) is -3.78. The zero-order valence-electron chi connectivity index (χ0n) is 11.3. The smallest absolute Gasteiger partial charge is 0.381 e. The van der Waals surface area contributed by atoms with E-state index in [1.54, 1.807) is 0 Å². The molecule has 0 saturated carbocycles. The Kier molecular flexibility index (Phi) is 4.93. The molecule has 8 heteroatoms. The van der Waals surface area contributed by atoms with Gasteiger partial charge in [0.2, 0.25) is 0 Å². The molecule has 0 aliphatic heterocycles. The van der Waals surface area contributed by atoms with Crippen molar-refractivity contribution in [3.63, 3.8) is 0 Å². The monoisotopic (exact) mass is 302 g/mol. The number of amides is 1. The van der Waals surface area contributed by atoms with Crippen LogP contribution in [0.2, 0.25) is 0 Å². The number of alkyl halides is 3.